The molecule has 0 heterocycles. The zero-order valence-corrected chi connectivity index (χ0v) is 42.7. The number of hydrogen-bond donors (Lipinski definition) is 5. The van der Waals surface area contributed by atoms with Gasteiger partial charge in [-0.05, 0) is 70.7 Å². The first-order valence-corrected chi connectivity index (χ1v) is 27.5. The molecule has 0 aliphatic rings. The second kappa shape index (κ2) is 75.2. The van der Waals surface area contributed by atoms with Crippen molar-refractivity contribution in [3.63, 3.8) is 0 Å². The Hall–Kier alpha value is -0.200. The van der Waals surface area contributed by atoms with Crippen LogP contribution >= 0.6 is 0 Å². The Bertz CT molecular complexity index is 545. The van der Waals surface area contributed by atoms with Gasteiger partial charge in [0, 0.05) is 0 Å². The fourth-order valence-electron chi connectivity index (χ4n) is 7.15. The van der Waals surface area contributed by atoms with Crippen molar-refractivity contribution in [2.24, 2.45) is 34.6 Å². The Balaban J connectivity index is -0.000000207. The Kier molecular flexibility index (Phi) is 86.5. The van der Waals surface area contributed by atoms with Crippen LogP contribution in [0.3, 0.4) is 0 Å². The summed E-state index contributed by atoms with van der Waals surface area (Å²) in [4.78, 5) is 0. The van der Waals surface area contributed by atoms with Crippen molar-refractivity contribution in [3.05, 3.63) is 0 Å². The molecule has 0 aliphatic heterocycles. The molecule has 1 atom stereocenters. The Morgan fingerprint density at radius 3 is 0.525 bits per heavy atom. The number of rotatable bonds is 43. The predicted octanol–water partition coefficient (Wildman–Crippen LogP) is 16.8. The van der Waals surface area contributed by atoms with Gasteiger partial charge in [0.15, 0.2) is 0 Å². The standard InChI is InChI=1S/C13H29N.C12H27N.C11H25N.C10H23N.C8H19N/c1-2-3-4-5-6-7-8-9-10-11-12-13-14;1-2-3-4-5-6-7-8-9-10-11-12-13;1-2-3-4-5-6-7-8-9-10-11-12;1-2-3-4-5-6-7-8-9-10-11;1-3-5-6-8(4-2)7-9/h2-14H2,1H3;2-13H2,1H3;2-12H2,1H3;2-11H2,1H3;8H,3-7,9H2,1-2H3. The minimum atomic E-state index is 0.782. The number of nitrogens with two attached hydrogens (primary N) is 5. The van der Waals surface area contributed by atoms with Crippen LogP contribution in [0.2, 0.25) is 0 Å². The Morgan fingerprint density at radius 2 is 0.390 bits per heavy atom. The van der Waals surface area contributed by atoms with Crippen LogP contribution in [0.1, 0.15) is 311 Å². The van der Waals surface area contributed by atoms with E-state index in [1.165, 1.54) is 270 Å². The van der Waals surface area contributed by atoms with Crippen molar-refractivity contribution in [2.45, 2.75) is 311 Å². The molecule has 0 fully saturated rings. The molecular weight excluding hydrogens is 719 g/mol. The minimum Gasteiger partial charge on any atom is -0.330 e. The molecule has 0 aromatic rings. The maximum atomic E-state index is 5.52. The normalized spacial score (nSPS) is 11.0. The maximum Gasteiger partial charge on any atom is -0.00490 e. The summed E-state index contributed by atoms with van der Waals surface area (Å²) in [5.74, 6) is 0.782. The summed E-state index contributed by atoms with van der Waals surface area (Å²) in [7, 11) is 0. The van der Waals surface area contributed by atoms with Gasteiger partial charge < -0.3 is 28.7 Å². The van der Waals surface area contributed by atoms with Gasteiger partial charge in [-0.1, -0.05) is 279 Å². The molecule has 1 unspecified atom stereocenters. The minimum absolute atomic E-state index is 0.782. The van der Waals surface area contributed by atoms with E-state index in [0.29, 0.717) is 0 Å². The molecule has 0 spiro atoms. The molecule has 0 aromatic heterocycles. The predicted molar refractivity (Wildman–Crippen MR) is 277 cm³/mol. The zero-order chi connectivity index (χ0) is 44.8. The molecule has 0 rings (SSSR count). The molecule has 0 bridgehead atoms. The Labute approximate surface area is 377 Å². The van der Waals surface area contributed by atoms with Gasteiger partial charge in [0.1, 0.15) is 0 Å². The lowest BCUT2D eigenvalue weighted by molar-refractivity contribution is 0.461. The molecular formula is C54H123N5. The van der Waals surface area contributed by atoms with E-state index in [1.54, 1.807) is 0 Å². The summed E-state index contributed by atoms with van der Waals surface area (Å²) in [6, 6.07) is 0. The van der Waals surface area contributed by atoms with Crippen molar-refractivity contribution in [1.29, 1.82) is 0 Å². The topological polar surface area (TPSA) is 130 Å². The van der Waals surface area contributed by atoms with E-state index in [0.717, 1.165) is 38.6 Å². The van der Waals surface area contributed by atoms with Gasteiger partial charge in [-0.25, -0.2) is 0 Å². The summed E-state index contributed by atoms with van der Waals surface area (Å²) in [6.07, 6.45) is 58.0. The first-order chi connectivity index (χ1) is 29.0. The van der Waals surface area contributed by atoms with Gasteiger partial charge in [-0.3, -0.25) is 0 Å². The molecule has 364 valence electrons. The third kappa shape index (κ3) is 85.8. The molecule has 0 saturated carbocycles. The molecule has 0 amide bonds. The van der Waals surface area contributed by atoms with Crippen LogP contribution in [0.4, 0.5) is 0 Å². The lowest BCUT2D eigenvalue weighted by atomic mass is 10.00. The second-order valence-corrected chi connectivity index (χ2v) is 17.8. The van der Waals surface area contributed by atoms with Gasteiger partial charge >= 0.3 is 0 Å². The van der Waals surface area contributed by atoms with E-state index in [2.05, 4.69) is 41.5 Å². The zero-order valence-electron chi connectivity index (χ0n) is 42.7. The highest BCUT2D eigenvalue weighted by molar-refractivity contribution is 4.56. The molecule has 0 aromatic carbocycles. The molecule has 5 heteroatoms. The lowest BCUT2D eigenvalue weighted by Gasteiger charge is -2.09. The first-order valence-electron chi connectivity index (χ1n) is 27.5. The van der Waals surface area contributed by atoms with Crippen LogP contribution in [0.15, 0.2) is 0 Å². The van der Waals surface area contributed by atoms with Gasteiger partial charge in [-0.2, -0.15) is 0 Å². The van der Waals surface area contributed by atoms with Gasteiger partial charge in [0.2, 0.25) is 0 Å². The molecule has 0 aliphatic carbocycles. The van der Waals surface area contributed by atoms with Crippen LogP contribution in [0.5, 0.6) is 0 Å². The van der Waals surface area contributed by atoms with Crippen molar-refractivity contribution < 1.29 is 0 Å². The molecule has 0 radical (unpaired) electrons. The van der Waals surface area contributed by atoms with Crippen LogP contribution in [0, 0.1) is 5.92 Å². The molecule has 0 saturated heterocycles. The van der Waals surface area contributed by atoms with E-state index in [4.69, 9.17) is 28.7 Å². The van der Waals surface area contributed by atoms with E-state index in [9.17, 15) is 0 Å². The van der Waals surface area contributed by atoms with Crippen LogP contribution < -0.4 is 28.7 Å². The summed E-state index contributed by atoms with van der Waals surface area (Å²) < 4.78 is 0. The van der Waals surface area contributed by atoms with E-state index >= 15 is 0 Å². The third-order valence-electron chi connectivity index (χ3n) is 11.6. The maximum absolute atomic E-state index is 5.52. The number of hydrogen-bond acceptors (Lipinski definition) is 5. The van der Waals surface area contributed by atoms with E-state index < -0.39 is 0 Å². The second-order valence-electron chi connectivity index (χ2n) is 17.8. The van der Waals surface area contributed by atoms with Gasteiger partial charge in [0.05, 0.1) is 0 Å². The highest BCUT2D eigenvalue weighted by Gasteiger charge is 2.00. The van der Waals surface area contributed by atoms with Crippen LogP contribution in [0.25, 0.3) is 0 Å². The highest BCUT2D eigenvalue weighted by Crippen LogP contribution is 2.13. The fourth-order valence-corrected chi connectivity index (χ4v) is 7.15. The quantitative estimate of drug-likeness (QED) is 0.0390. The van der Waals surface area contributed by atoms with Crippen molar-refractivity contribution >= 4 is 0 Å². The third-order valence-corrected chi connectivity index (χ3v) is 11.6. The van der Waals surface area contributed by atoms with Crippen LogP contribution in [-0.4, -0.2) is 32.7 Å². The van der Waals surface area contributed by atoms with Crippen LogP contribution in [-0.2, 0) is 0 Å². The van der Waals surface area contributed by atoms with Crippen molar-refractivity contribution in [2.75, 3.05) is 32.7 Å². The Morgan fingerprint density at radius 1 is 0.220 bits per heavy atom. The largest absolute Gasteiger partial charge is 0.330 e. The average molecular weight is 843 g/mol. The van der Waals surface area contributed by atoms with Gasteiger partial charge in [-0.15, -0.1) is 0 Å². The molecule has 10 N–H and O–H groups in total. The SMILES string of the molecule is CCCCC(CC)CN.CCCCCCCCCCCCCN.CCCCCCCCCCCCN.CCCCCCCCCCCN.CCCCCCCCCCN. The summed E-state index contributed by atoms with van der Waals surface area (Å²) in [6.45, 7) is 17.9. The summed E-state index contributed by atoms with van der Waals surface area (Å²) in [5.41, 5.74) is 27.2. The highest BCUT2D eigenvalue weighted by atomic mass is 14.5. The molecule has 59 heavy (non-hydrogen) atoms. The molecule has 5 nitrogen and oxygen atoms in total. The average Bonchev–Trinajstić information content (AvgIpc) is 3.26. The fraction of sp³-hybridized carbons (Fsp3) is 1.00. The number of unbranched alkanes of at least 4 members (excludes halogenated alkanes) is 35. The van der Waals surface area contributed by atoms with E-state index in [1.807, 2.05) is 0 Å². The van der Waals surface area contributed by atoms with Gasteiger partial charge in [0.25, 0.3) is 0 Å². The van der Waals surface area contributed by atoms with Crippen molar-refractivity contribution in [1.82, 2.24) is 0 Å². The summed E-state index contributed by atoms with van der Waals surface area (Å²) >= 11 is 0. The smallest absolute Gasteiger partial charge is 0.00490 e. The van der Waals surface area contributed by atoms with Crippen molar-refractivity contribution in [3.8, 4) is 0 Å². The van der Waals surface area contributed by atoms with E-state index in [-0.39, 0.29) is 0 Å². The lowest BCUT2D eigenvalue weighted by Crippen LogP contribution is -2.12. The monoisotopic (exact) mass is 842 g/mol. The first kappa shape index (κ1) is 67.9. The summed E-state index contributed by atoms with van der Waals surface area (Å²) in [5, 5.41) is 0.